The second kappa shape index (κ2) is 5.51. The molecule has 0 saturated heterocycles. The van der Waals surface area contributed by atoms with Crippen molar-refractivity contribution in [2.75, 3.05) is 0 Å². The van der Waals surface area contributed by atoms with Gasteiger partial charge in [0.05, 0.1) is 0 Å². The summed E-state index contributed by atoms with van der Waals surface area (Å²) >= 11 is -1.81. The summed E-state index contributed by atoms with van der Waals surface area (Å²) in [7, 11) is 0. The van der Waals surface area contributed by atoms with Gasteiger partial charge in [-0.3, -0.25) is 0 Å². The van der Waals surface area contributed by atoms with Crippen LogP contribution in [0.1, 0.15) is 11.1 Å². The molecule has 0 saturated carbocycles. The fourth-order valence-corrected chi connectivity index (χ4v) is 6.91. The molecule has 0 atom stereocenters. The first-order valence-electron chi connectivity index (χ1n) is 7.69. The summed E-state index contributed by atoms with van der Waals surface area (Å²) in [5.74, 6) is 7.31. The van der Waals surface area contributed by atoms with E-state index >= 15 is 0 Å². The summed E-state index contributed by atoms with van der Waals surface area (Å²) in [6.45, 7) is 4.32. The molecule has 22 heavy (non-hydrogen) atoms. The number of aryl methyl sites for hydroxylation is 2. The van der Waals surface area contributed by atoms with Crippen molar-refractivity contribution in [1.29, 1.82) is 0 Å². The van der Waals surface area contributed by atoms with Crippen molar-refractivity contribution in [3.8, 4) is 11.3 Å². The van der Waals surface area contributed by atoms with Crippen molar-refractivity contribution in [2.45, 2.75) is 31.1 Å². The van der Waals surface area contributed by atoms with Crippen LogP contribution in [0.3, 0.4) is 0 Å². The molecule has 1 heterocycles. The maximum absolute atomic E-state index is 4.54. The molecule has 112 valence electrons. The minimum atomic E-state index is -1.81. The van der Waals surface area contributed by atoms with E-state index in [0.29, 0.717) is 0 Å². The van der Waals surface area contributed by atoms with E-state index in [4.69, 9.17) is 0 Å². The summed E-state index contributed by atoms with van der Waals surface area (Å²) < 4.78 is 1.57. The van der Waals surface area contributed by atoms with Gasteiger partial charge in [-0.1, -0.05) is 0 Å². The third kappa shape index (κ3) is 2.80. The van der Waals surface area contributed by atoms with Crippen LogP contribution in [-0.2, 0) is 0 Å². The van der Waals surface area contributed by atoms with E-state index in [2.05, 4.69) is 77.5 Å². The fourth-order valence-electron chi connectivity index (χ4n) is 3.05. The zero-order chi connectivity index (χ0) is 15.9. The Morgan fingerprint density at radius 3 is 2.32 bits per heavy atom. The predicted molar refractivity (Wildman–Crippen MR) is 97.4 cm³/mol. The molecule has 2 nitrogen and oxygen atoms in total. The average Bonchev–Trinajstić information content (AvgIpc) is 2.44. The molecule has 0 N–H and O–H groups in total. The van der Waals surface area contributed by atoms with E-state index < -0.39 is 13.3 Å². The Labute approximate surface area is 135 Å². The SMILES string of the molecule is Cc1ccc2c(-c3cc[c]([Ge]([CH3])([CH3])[CH3])c(C)c3)ncnc2c1. The van der Waals surface area contributed by atoms with E-state index in [0.717, 1.165) is 16.6 Å². The summed E-state index contributed by atoms with van der Waals surface area (Å²) in [4.78, 5) is 8.95. The Balaban J connectivity index is 2.18. The molecule has 0 fully saturated rings. The van der Waals surface area contributed by atoms with E-state index in [1.807, 2.05) is 0 Å². The first-order valence-corrected chi connectivity index (χ1v) is 15.0. The molecule has 3 aromatic rings. The number of benzene rings is 2. The number of rotatable bonds is 2. The van der Waals surface area contributed by atoms with Crippen LogP contribution in [0.4, 0.5) is 0 Å². The van der Waals surface area contributed by atoms with Crippen LogP contribution >= 0.6 is 0 Å². The van der Waals surface area contributed by atoms with Crippen LogP contribution in [0, 0.1) is 13.8 Å². The quantitative estimate of drug-likeness (QED) is 0.638. The number of fused-ring (bicyclic) bond motifs is 1. The van der Waals surface area contributed by atoms with Crippen molar-refractivity contribution < 1.29 is 0 Å². The second-order valence-corrected chi connectivity index (χ2v) is 17.6. The monoisotopic (exact) mass is 352 g/mol. The van der Waals surface area contributed by atoms with Crippen molar-refractivity contribution in [3.63, 3.8) is 0 Å². The topological polar surface area (TPSA) is 25.8 Å². The fraction of sp³-hybridized carbons (Fsp3) is 0.263. The van der Waals surface area contributed by atoms with E-state index in [1.54, 1.807) is 10.7 Å². The maximum atomic E-state index is 4.54. The van der Waals surface area contributed by atoms with Crippen LogP contribution in [0.15, 0.2) is 42.7 Å². The molecule has 3 heteroatoms. The number of aromatic nitrogens is 2. The Kier molecular flexibility index (Phi) is 3.81. The molecule has 0 amide bonds. The van der Waals surface area contributed by atoms with Gasteiger partial charge in [0.25, 0.3) is 0 Å². The Morgan fingerprint density at radius 1 is 0.864 bits per heavy atom. The van der Waals surface area contributed by atoms with Crippen LogP contribution in [0.2, 0.25) is 17.3 Å². The number of hydrogen-bond acceptors (Lipinski definition) is 2. The van der Waals surface area contributed by atoms with Crippen LogP contribution in [0.25, 0.3) is 22.2 Å². The third-order valence-electron chi connectivity index (χ3n) is 4.10. The molecule has 0 aliphatic heterocycles. The molecule has 2 aromatic carbocycles. The van der Waals surface area contributed by atoms with Gasteiger partial charge < -0.3 is 0 Å². The molecule has 0 unspecified atom stereocenters. The van der Waals surface area contributed by atoms with Gasteiger partial charge >= 0.3 is 135 Å². The van der Waals surface area contributed by atoms with Crippen molar-refractivity contribution in [2.24, 2.45) is 0 Å². The van der Waals surface area contributed by atoms with Crippen LogP contribution in [-0.4, -0.2) is 23.2 Å². The molecule has 0 spiro atoms. The molecule has 0 bridgehead atoms. The van der Waals surface area contributed by atoms with E-state index in [9.17, 15) is 0 Å². The number of nitrogens with zero attached hydrogens (tertiary/aromatic N) is 2. The average molecular weight is 351 g/mol. The normalized spacial score (nSPS) is 11.9. The summed E-state index contributed by atoms with van der Waals surface area (Å²) in [5, 5.41) is 1.12. The molecule has 3 rings (SSSR count). The molecule has 0 radical (unpaired) electrons. The van der Waals surface area contributed by atoms with Gasteiger partial charge in [0.15, 0.2) is 0 Å². The molecular formula is C19H22GeN2. The molecular weight excluding hydrogens is 329 g/mol. The van der Waals surface area contributed by atoms with E-state index in [1.165, 1.54) is 16.7 Å². The van der Waals surface area contributed by atoms with Crippen LogP contribution in [0.5, 0.6) is 0 Å². The number of hydrogen-bond donors (Lipinski definition) is 0. The Morgan fingerprint density at radius 2 is 1.64 bits per heavy atom. The third-order valence-corrected chi connectivity index (χ3v) is 8.67. The zero-order valence-electron chi connectivity index (χ0n) is 13.9. The molecule has 1 aromatic heterocycles. The first kappa shape index (κ1) is 15.2. The van der Waals surface area contributed by atoms with Gasteiger partial charge in [0.1, 0.15) is 0 Å². The van der Waals surface area contributed by atoms with E-state index in [-0.39, 0.29) is 0 Å². The van der Waals surface area contributed by atoms with Gasteiger partial charge in [-0.2, -0.15) is 0 Å². The Hall–Kier alpha value is -1.68. The van der Waals surface area contributed by atoms with Crippen molar-refractivity contribution >= 4 is 28.6 Å². The minimum absolute atomic E-state index is 1.01. The molecule has 0 aliphatic rings. The predicted octanol–water partition coefficient (Wildman–Crippen LogP) is 4.46. The standard InChI is InChI=1S/C19H22GeN2/c1-13-6-8-16-18(10-13)21-12-22-19(16)15-7-9-17(14(2)11-15)20(3,4)5/h6-12H,1-5H3. The van der Waals surface area contributed by atoms with Gasteiger partial charge in [-0.15, -0.1) is 0 Å². The zero-order valence-corrected chi connectivity index (χ0v) is 16.0. The van der Waals surface area contributed by atoms with Gasteiger partial charge in [0.2, 0.25) is 0 Å². The van der Waals surface area contributed by atoms with Crippen molar-refractivity contribution in [1.82, 2.24) is 9.97 Å². The summed E-state index contributed by atoms with van der Waals surface area (Å²) in [6, 6.07) is 13.2. The molecule has 0 aliphatic carbocycles. The van der Waals surface area contributed by atoms with Gasteiger partial charge in [0, 0.05) is 0 Å². The first-order chi connectivity index (χ1) is 10.4. The second-order valence-electron chi connectivity index (χ2n) is 7.02. The van der Waals surface area contributed by atoms with Crippen molar-refractivity contribution in [3.05, 3.63) is 53.9 Å². The van der Waals surface area contributed by atoms with Gasteiger partial charge in [-0.05, 0) is 0 Å². The Bertz CT molecular complexity index is 848. The summed E-state index contributed by atoms with van der Waals surface area (Å²) in [5.41, 5.74) is 5.85. The summed E-state index contributed by atoms with van der Waals surface area (Å²) in [6.07, 6.45) is 1.67. The van der Waals surface area contributed by atoms with Crippen LogP contribution < -0.4 is 4.40 Å². The van der Waals surface area contributed by atoms with Gasteiger partial charge in [-0.25, -0.2) is 0 Å².